The van der Waals surface area contributed by atoms with Crippen LogP contribution in [0.2, 0.25) is 0 Å². The summed E-state index contributed by atoms with van der Waals surface area (Å²) in [7, 11) is 0. The van der Waals surface area contributed by atoms with Crippen molar-refractivity contribution in [3.05, 3.63) is 58.3 Å². The Morgan fingerprint density at radius 1 is 1.08 bits per heavy atom. The first-order valence-electron chi connectivity index (χ1n) is 7.17. The van der Waals surface area contributed by atoms with E-state index in [1.807, 2.05) is 24.3 Å². The number of benzene rings is 1. The van der Waals surface area contributed by atoms with Gasteiger partial charge < -0.3 is 15.2 Å². The number of nitrogens with one attached hydrogen (secondary N) is 2. The number of carbonyl (C=O) groups excluding carboxylic acids is 1. The number of carbonyl (C=O) groups is 1. The monoisotopic (exact) mass is 387 g/mol. The molecule has 2 heterocycles. The maximum Gasteiger partial charge on any atom is 0.229 e. The molecule has 0 aliphatic heterocycles. The zero-order valence-electron chi connectivity index (χ0n) is 12.8. The standard InChI is InChI=1S/C16H14BrN5O2/c1-10-8-15(22-24-10)18-13-6-7-14(21-20-13)19-16(23)9-11-2-4-12(17)5-3-11/h2-8H,9H2,1H3,(H,18,20,22)(H,19,21,23). The predicted octanol–water partition coefficient (Wildman–Crippen LogP) is 3.46. The van der Waals surface area contributed by atoms with Crippen molar-refractivity contribution in [3.8, 4) is 0 Å². The molecule has 0 fully saturated rings. The summed E-state index contributed by atoms with van der Waals surface area (Å²) in [6, 6.07) is 12.7. The van der Waals surface area contributed by atoms with Crippen molar-refractivity contribution in [3.63, 3.8) is 0 Å². The molecule has 122 valence electrons. The molecule has 2 aromatic heterocycles. The molecule has 1 aromatic carbocycles. The van der Waals surface area contributed by atoms with Crippen molar-refractivity contribution < 1.29 is 9.32 Å². The third-order valence-corrected chi connectivity index (χ3v) is 3.62. The highest BCUT2D eigenvalue weighted by molar-refractivity contribution is 9.10. The fourth-order valence-electron chi connectivity index (χ4n) is 2.00. The molecule has 0 spiro atoms. The number of anilines is 3. The highest BCUT2D eigenvalue weighted by Gasteiger charge is 2.07. The Bertz CT molecular complexity index is 830. The van der Waals surface area contributed by atoms with Crippen LogP contribution in [0.25, 0.3) is 0 Å². The number of hydrogen-bond donors (Lipinski definition) is 2. The topological polar surface area (TPSA) is 92.9 Å². The average Bonchev–Trinajstić information content (AvgIpc) is 2.96. The molecule has 24 heavy (non-hydrogen) atoms. The fourth-order valence-corrected chi connectivity index (χ4v) is 2.26. The van der Waals surface area contributed by atoms with Gasteiger partial charge in [0.15, 0.2) is 17.5 Å². The second-order valence-corrected chi connectivity index (χ2v) is 6.02. The van der Waals surface area contributed by atoms with Crippen molar-refractivity contribution in [2.75, 3.05) is 10.6 Å². The Balaban J connectivity index is 1.57. The van der Waals surface area contributed by atoms with Crippen LogP contribution >= 0.6 is 15.9 Å². The smallest absolute Gasteiger partial charge is 0.229 e. The van der Waals surface area contributed by atoms with Gasteiger partial charge in [-0.25, -0.2) is 0 Å². The number of rotatable bonds is 5. The number of amides is 1. The van der Waals surface area contributed by atoms with Gasteiger partial charge in [-0.05, 0) is 36.8 Å². The Morgan fingerprint density at radius 3 is 2.42 bits per heavy atom. The van der Waals surface area contributed by atoms with Gasteiger partial charge in [-0.15, -0.1) is 10.2 Å². The van der Waals surface area contributed by atoms with E-state index >= 15 is 0 Å². The van der Waals surface area contributed by atoms with Gasteiger partial charge in [0.25, 0.3) is 0 Å². The SMILES string of the molecule is Cc1cc(Nc2ccc(NC(=O)Cc3ccc(Br)cc3)nn2)no1. The van der Waals surface area contributed by atoms with E-state index in [0.717, 1.165) is 10.0 Å². The fraction of sp³-hybridized carbons (Fsp3) is 0.125. The van der Waals surface area contributed by atoms with Gasteiger partial charge in [-0.3, -0.25) is 4.79 Å². The normalized spacial score (nSPS) is 10.4. The Kier molecular flexibility index (Phi) is 4.85. The molecule has 2 N–H and O–H groups in total. The van der Waals surface area contributed by atoms with Gasteiger partial charge in [0.05, 0.1) is 6.42 Å². The van der Waals surface area contributed by atoms with Crippen molar-refractivity contribution in [2.24, 2.45) is 0 Å². The van der Waals surface area contributed by atoms with Crippen LogP contribution in [0.5, 0.6) is 0 Å². The van der Waals surface area contributed by atoms with Crippen LogP contribution in [-0.2, 0) is 11.2 Å². The molecule has 7 nitrogen and oxygen atoms in total. The van der Waals surface area contributed by atoms with Crippen molar-refractivity contribution in [2.45, 2.75) is 13.3 Å². The first-order chi connectivity index (χ1) is 11.6. The van der Waals surface area contributed by atoms with Gasteiger partial charge in [0, 0.05) is 10.5 Å². The van der Waals surface area contributed by atoms with Crippen LogP contribution in [0.4, 0.5) is 17.5 Å². The summed E-state index contributed by atoms with van der Waals surface area (Å²) in [5, 5.41) is 17.4. The molecule has 0 aliphatic rings. The third-order valence-electron chi connectivity index (χ3n) is 3.09. The summed E-state index contributed by atoms with van der Waals surface area (Å²) in [4.78, 5) is 12.0. The molecule has 0 unspecified atom stereocenters. The lowest BCUT2D eigenvalue weighted by Crippen LogP contribution is -2.15. The van der Waals surface area contributed by atoms with Crippen molar-refractivity contribution in [1.82, 2.24) is 15.4 Å². The van der Waals surface area contributed by atoms with E-state index in [1.165, 1.54) is 0 Å². The van der Waals surface area contributed by atoms with Crippen LogP contribution in [0, 0.1) is 6.92 Å². The van der Waals surface area contributed by atoms with E-state index in [2.05, 4.69) is 41.9 Å². The molecule has 3 rings (SSSR count). The highest BCUT2D eigenvalue weighted by atomic mass is 79.9. The highest BCUT2D eigenvalue weighted by Crippen LogP contribution is 2.15. The molecule has 0 saturated heterocycles. The van der Waals surface area contributed by atoms with Crippen molar-refractivity contribution >= 4 is 39.3 Å². The van der Waals surface area contributed by atoms with Gasteiger partial charge in [0.1, 0.15) is 5.76 Å². The number of nitrogens with zero attached hydrogens (tertiary/aromatic N) is 3. The average molecular weight is 388 g/mol. The minimum absolute atomic E-state index is 0.153. The number of aryl methyl sites for hydroxylation is 1. The minimum atomic E-state index is -0.153. The quantitative estimate of drug-likeness (QED) is 0.696. The molecule has 0 atom stereocenters. The second kappa shape index (κ2) is 7.22. The summed E-state index contributed by atoms with van der Waals surface area (Å²) >= 11 is 3.36. The van der Waals surface area contributed by atoms with E-state index in [-0.39, 0.29) is 12.3 Å². The summed E-state index contributed by atoms with van der Waals surface area (Å²) < 4.78 is 5.93. The third kappa shape index (κ3) is 4.39. The Labute approximate surface area is 146 Å². The molecule has 0 radical (unpaired) electrons. The molecular weight excluding hydrogens is 374 g/mol. The van der Waals surface area contributed by atoms with Crippen LogP contribution < -0.4 is 10.6 Å². The Morgan fingerprint density at radius 2 is 1.79 bits per heavy atom. The van der Waals surface area contributed by atoms with Crippen LogP contribution in [0.15, 0.2) is 51.5 Å². The Hall–Kier alpha value is -2.74. The molecule has 3 aromatic rings. The largest absolute Gasteiger partial charge is 0.360 e. The summed E-state index contributed by atoms with van der Waals surface area (Å²) in [5.41, 5.74) is 0.920. The molecule has 0 aliphatic carbocycles. The van der Waals surface area contributed by atoms with Gasteiger partial charge in [0.2, 0.25) is 5.91 Å². The summed E-state index contributed by atoms with van der Waals surface area (Å²) in [5.74, 6) is 1.99. The lowest BCUT2D eigenvalue weighted by Gasteiger charge is -2.05. The predicted molar refractivity (Wildman–Crippen MR) is 93.0 cm³/mol. The van der Waals surface area contributed by atoms with Gasteiger partial charge in [-0.1, -0.05) is 33.2 Å². The zero-order valence-corrected chi connectivity index (χ0v) is 14.4. The minimum Gasteiger partial charge on any atom is -0.360 e. The van der Waals surface area contributed by atoms with Gasteiger partial charge >= 0.3 is 0 Å². The summed E-state index contributed by atoms with van der Waals surface area (Å²) in [6.45, 7) is 1.80. The summed E-state index contributed by atoms with van der Waals surface area (Å²) in [6.07, 6.45) is 0.271. The molecule has 8 heteroatoms. The van der Waals surface area contributed by atoms with Gasteiger partial charge in [-0.2, -0.15) is 0 Å². The molecular formula is C16H14BrN5O2. The van der Waals surface area contributed by atoms with E-state index in [9.17, 15) is 4.79 Å². The van der Waals surface area contributed by atoms with E-state index in [1.54, 1.807) is 25.1 Å². The maximum absolute atomic E-state index is 12.0. The zero-order chi connectivity index (χ0) is 16.9. The first kappa shape index (κ1) is 16.1. The first-order valence-corrected chi connectivity index (χ1v) is 7.96. The number of aromatic nitrogens is 3. The molecule has 0 saturated carbocycles. The number of hydrogen-bond acceptors (Lipinski definition) is 6. The maximum atomic E-state index is 12.0. The van der Waals surface area contributed by atoms with E-state index < -0.39 is 0 Å². The van der Waals surface area contributed by atoms with E-state index in [4.69, 9.17) is 4.52 Å². The lowest BCUT2D eigenvalue weighted by atomic mass is 10.1. The van der Waals surface area contributed by atoms with Crippen LogP contribution in [-0.4, -0.2) is 21.3 Å². The molecule has 1 amide bonds. The molecule has 0 bridgehead atoms. The second-order valence-electron chi connectivity index (χ2n) is 5.10. The lowest BCUT2D eigenvalue weighted by molar-refractivity contribution is -0.115. The van der Waals surface area contributed by atoms with Crippen molar-refractivity contribution in [1.29, 1.82) is 0 Å². The van der Waals surface area contributed by atoms with E-state index in [0.29, 0.717) is 23.2 Å². The van der Waals surface area contributed by atoms with Crippen LogP contribution in [0.1, 0.15) is 11.3 Å². The number of halogens is 1. The van der Waals surface area contributed by atoms with Crippen LogP contribution in [0.3, 0.4) is 0 Å².